The number of hydrogen-bond donors (Lipinski definition) is 4. The molecule has 0 aromatic carbocycles. The van der Waals surface area contributed by atoms with E-state index < -0.39 is 5.69 Å². The number of aromatic amines is 2. The summed E-state index contributed by atoms with van der Waals surface area (Å²) in [7, 11) is 0. The highest BCUT2D eigenvalue weighted by Gasteiger charge is 2.20. The van der Waals surface area contributed by atoms with Crippen LogP contribution in [-0.2, 0) is 0 Å². The molecule has 0 spiro atoms. The summed E-state index contributed by atoms with van der Waals surface area (Å²) in [5, 5.41) is 18.5. The van der Waals surface area contributed by atoms with Gasteiger partial charge in [-0.15, -0.1) is 0 Å². The maximum atomic E-state index is 11.4. The van der Waals surface area contributed by atoms with Gasteiger partial charge in [-0.3, -0.25) is 15.0 Å². The second-order valence-electron chi connectivity index (χ2n) is 6.70. The molecular formula is C18H15ClN8O2. The van der Waals surface area contributed by atoms with Crippen LogP contribution in [0.4, 0.5) is 11.5 Å². The number of anilines is 2. The van der Waals surface area contributed by atoms with Crippen LogP contribution < -0.4 is 21.7 Å². The highest BCUT2D eigenvalue weighted by molar-refractivity contribution is 6.30. The van der Waals surface area contributed by atoms with Crippen molar-refractivity contribution >= 4 is 34.8 Å². The van der Waals surface area contributed by atoms with Gasteiger partial charge >= 0.3 is 5.69 Å². The van der Waals surface area contributed by atoms with Gasteiger partial charge in [-0.1, -0.05) is 11.6 Å². The topological polar surface area (TPSA) is 136 Å². The van der Waals surface area contributed by atoms with E-state index in [9.17, 15) is 9.90 Å². The molecule has 29 heavy (non-hydrogen) atoms. The minimum absolute atomic E-state index is 0.241. The Hall–Kier alpha value is -3.66. The number of aromatic hydroxyl groups is 1. The summed E-state index contributed by atoms with van der Waals surface area (Å²) in [4.78, 5) is 29.6. The molecule has 0 atom stereocenters. The summed E-state index contributed by atoms with van der Waals surface area (Å²) in [6.07, 6.45) is 8.47. The second-order valence-corrected chi connectivity index (χ2v) is 7.13. The average molecular weight is 411 g/mol. The highest BCUT2D eigenvalue weighted by Crippen LogP contribution is 2.23. The van der Waals surface area contributed by atoms with Gasteiger partial charge in [-0.25, -0.2) is 9.78 Å². The van der Waals surface area contributed by atoms with Gasteiger partial charge in [0.05, 0.1) is 29.1 Å². The molecule has 10 nitrogen and oxygen atoms in total. The van der Waals surface area contributed by atoms with E-state index in [-0.39, 0.29) is 17.6 Å². The lowest BCUT2D eigenvalue weighted by Crippen LogP contribution is -2.19. The highest BCUT2D eigenvalue weighted by atomic mass is 35.5. The summed E-state index contributed by atoms with van der Waals surface area (Å²) in [6, 6.07) is 3.82. The van der Waals surface area contributed by atoms with Crippen molar-refractivity contribution in [1.82, 2.24) is 29.5 Å². The van der Waals surface area contributed by atoms with Crippen LogP contribution in [0.1, 0.15) is 18.5 Å². The van der Waals surface area contributed by atoms with Crippen LogP contribution in [0, 0.1) is 0 Å². The first-order valence-corrected chi connectivity index (χ1v) is 9.26. The number of hydrogen-bond acceptors (Lipinski definition) is 7. The molecule has 11 heteroatoms. The Labute approximate surface area is 167 Å². The van der Waals surface area contributed by atoms with Gasteiger partial charge in [0.1, 0.15) is 11.5 Å². The first-order chi connectivity index (χ1) is 14.0. The Balaban J connectivity index is 1.68. The first kappa shape index (κ1) is 17.4. The van der Waals surface area contributed by atoms with Gasteiger partial charge in [0, 0.05) is 17.5 Å². The minimum Gasteiger partial charge on any atom is -0.493 e. The van der Waals surface area contributed by atoms with Crippen LogP contribution in [0.25, 0.3) is 11.7 Å². The number of imidazole rings is 1. The molecule has 0 amide bonds. The third-order valence-electron chi connectivity index (χ3n) is 4.35. The first-order valence-electron chi connectivity index (χ1n) is 8.88. The standard InChI is InChI=1S/C18H15ClN8O2/c19-10-4-12(8-20-7-10)22-14-5-15(23-11-1-2-11)27-16(25-14)9(6-21-27)3-13-17(28)26-18(29)24-13/h3-8,11,22,28H,1-2H2,(H2,24,26,29)/b9-3-,23-15?. The van der Waals surface area contributed by atoms with Crippen LogP contribution >= 0.6 is 11.6 Å². The van der Waals surface area contributed by atoms with Gasteiger partial charge < -0.3 is 15.4 Å². The molecule has 1 aliphatic rings. The molecule has 4 aromatic heterocycles. The van der Waals surface area contributed by atoms with Crippen molar-refractivity contribution in [1.29, 1.82) is 0 Å². The van der Waals surface area contributed by atoms with Crippen LogP contribution in [0.15, 0.2) is 40.5 Å². The third kappa shape index (κ3) is 3.57. The SMILES string of the molecule is O=c1[nH]c(O)c(/C=c2/cnn3c(=NC4CC4)cc(Nc4cncc(Cl)c4)nc23)[nH]1. The number of rotatable bonds is 4. The molecule has 146 valence electrons. The second kappa shape index (κ2) is 6.74. The lowest BCUT2D eigenvalue weighted by molar-refractivity contribution is 0.454. The molecule has 5 rings (SSSR count). The van der Waals surface area contributed by atoms with Crippen LogP contribution in [0.3, 0.4) is 0 Å². The molecule has 4 N–H and O–H groups in total. The van der Waals surface area contributed by atoms with Crippen molar-refractivity contribution in [2.75, 3.05) is 5.32 Å². The molecule has 1 aliphatic carbocycles. The number of H-pyrrole nitrogens is 2. The Morgan fingerprint density at radius 2 is 2.14 bits per heavy atom. The Kier molecular flexibility index (Phi) is 4.06. The zero-order valence-electron chi connectivity index (χ0n) is 14.9. The number of halogens is 1. The van der Waals surface area contributed by atoms with Crippen molar-refractivity contribution in [3.63, 3.8) is 0 Å². The molecule has 1 saturated carbocycles. The summed E-state index contributed by atoms with van der Waals surface area (Å²) >= 11 is 6.01. The lowest BCUT2D eigenvalue weighted by atomic mass is 10.3. The van der Waals surface area contributed by atoms with Gasteiger partial charge in [-0.2, -0.15) is 9.61 Å². The fourth-order valence-electron chi connectivity index (χ4n) is 2.89. The van der Waals surface area contributed by atoms with E-state index in [1.807, 2.05) is 0 Å². The molecule has 4 heterocycles. The number of nitrogens with one attached hydrogen (secondary N) is 3. The number of nitrogens with zero attached hydrogens (tertiary/aromatic N) is 5. The van der Waals surface area contributed by atoms with Crippen molar-refractivity contribution in [2.45, 2.75) is 18.9 Å². The van der Waals surface area contributed by atoms with E-state index in [1.165, 1.54) is 0 Å². The van der Waals surface area contributed by atoms with Crippen molar-refractivity contribution in [2.24, 2.45) is 4.99 Å². The monoisotopic (exact) mass is 410 g/mol. The minimum atomic E-state index is -0.501. The fourth-order valence-corrected chi connectivity index (χ4v) is 3.06. The van der Waals surface area contributed by atoms with Crippen LogP contribution in [0.5, 0.6) is 5.88 Å². The van der Waals surface area contributed by atoms with E-state index in [0.717, 1.165) is 12.8 Å². The van der Waals surface area contributed by atoms with Gasteiger partial charge in [0.25, 0.3) is 0 Å². The predicted octanol–water partition coefficient (Wildman–Crippen LogP) is 0.854. The zero-order chi connectivity index (χ0) is 20.0. The van der Waals surface area contributed by atoms with Gasteiger partial charge in [-0.05, 0) is 25.0 Å². The molecule has 4 aromatic rings. The predicted molar refractivity (Wildman–Crippen MR) is 106 cm³/mol. The van der Waals surface area contributed by atoms with Crippen LogP contribution in [0.2, 0.25) is 5.02 Å². The van der Waals surface area contributed by atoms with Crippen molar-refractivity contribution < 1.29 is 5.11 Å². The lowest BCUT2D eigenvalue weighted by Gasteiger charge is -2.06. The maximum absolute atomic E-state index is 11.4. The van der Waals surface area contributed by atoms with Gasteiger partial charge in [0.2, 0.25) is 5.88 Å². The molecule has 0 saturated heterocycles. The number of pyridine rings is 1. The third-order valence-corrected chi connectivity index (χ3v) is 4.56. The van der Waals surface area contributed by atoms with Gasteiger partial charge in [0.15, 0.2) is 11.1 Å². The van der Waals surface area contributed by atoms with E-state index in [1.54, 1.807) is 41.3 Å². The van der Waals surface area contributed by atoms with Crippen molar-refractivity contribution in [3.05, 3.63) is 62.6 Å². The van der Waals surface area contributed by atoms with Crippen molar-refractivity contribution in [3.8, 4) is 5.88 Å². The Morgan fingerprint density at radius 3 is 2.86 bits per heavy atom. The number of fused-ring (bicyclic) bond motifs is 1. The molecule has 0 radical (unpaired) electrons. The smallest absolute Gasteiger partial charge is 0.326 e. The molecule has 0 unspecified atom stereocenters. The van der Waals surface area contributed by atoms with E-state index in [4.69, 9.17) is 16.6 Å². The Bertz CT molecular complexity index is 1400. The van der Waals surface area contributed by atoms with E-state index in [2.05, 4.69) is 30.4 Å². The summed E-state index contributed by atoms with van der Waals surface area (Å²) < 4.78 is 1.63. The summed E-state index contributed by atoms with van der Waals surface area (Å²) in [5.41, 5.74) is 1.60. The Morgan fingerprint density at radius 1 is 1.28 bits per heavy atom. The van der Waals surface area contributed by atoms with Crippen LogP contribution in [-0.4, -0.2) is 40.7 Å². The maximum Gasteiger partial charge on any atom is 0.326 e. The van der Waals surface area contributed by atoms with E-state index in [0.29, 0.717) is 32.9 Å². The summed E-state index contributed by atoms with van der Waals surface area (Å²) in [5.74, 6) is 0.291. The summed E-state index contributed by atoms with van der Waals surface area (Å²) in [6.45, 7) is 0. The average Bonchev–Trinajstić information content (AvgIpc) is 3.31. The largest absolute Gasteiger partial charge is 0.493 e. The fraction of sp³-hybridized carbons (Fsp3) is 0.167. The normalized spacial score (nSPS) is 15.3. The molecule has 0 bridgehead atoms. The molecule has 0 aliphatic heterocycles. The molecular weight excluding hydrogens is 396 g/mol. The zero-order valence-corrected chi connectivity index (χ0v) is 15.7. The molecule has 1 fully saturated rings. The quantitative estimate of drug-likeness (QED) is 0.394. The number of aromatic nitrogens is 6. The van der Waals surface area contributed by atoms with E-state index >= 15 is 0 Å².